The maximum absolute atomic E-state index is 4.35. The summed E-state index contributed by atoms with van der Waals surface area (Å²) in [6.45, 7) is 0.847. The van der Waals surface area contributed by atoms with Crippen LogP contribution < -0.4 is 5.32 Å². The van der Waals surface area contributed by atoms with Crippen molar-refractivity contribution in [1.29, 1.82) is 0 Å². The molecule has 3 rings (SSSR count). The van der Waals surface area contributed by atoms with Crippen LogP contribution in [0, 0.1) is 0 Å². The molecule has 1 N–H and O–H groups in total. The Labute approximate surface area is 122 Å². The van der Waals surface area contributed by atoms with Gasteiger partial charge in [0.25, 0.3) is 0 Å². The van der Waals surface area contributed by atoms with E-state index in [1.54, 1.807) is 0 Å². The van der Waals surface area contributed by atoms with Crippen LogP contribution in [0.15, 0.2) is 35.1 Å². The summed E-state index contributed by atoms with van der Waals surface area (Å²) in [5.41, 5.74) is 2.97. The van der Waals surface area contributed by atoms with Gasteiger partial charge in [-0.05, 0) is 42.5 Å². The Morgan fingerprint density at radius 2 is 2.32 bits per heavy atom. The Hall–Kier alpha value is -1.13. The lowest BCUT2D eigenvalue weighted by atomic mass is 9.88. The average molecular weight is 320 g/mol. The maximum Gasteiger partial charge on any atom is 0.122 e. The first-order valence-electron chi connectivity index (χ1n) is 6.69. The van der Waals surface area contributed by atoms with Crippen molar-refractivity contribution >= 4 is 15.9 Å². The summed E-state index contributed by atoms with van der Waals surface area (Å²) in [4.78, 5) is 4.35. The van der Waals surface area contributed by atoms with Crippen molar-refractivity contribution in [3.8, 4) is 0 Å². The topological polar surface area (TPSA) is 29.9 Å². The van der Waals surface area contributed by atoms with Gasteiger partial charge >= 0.3 is 0 Å². The highest BCUT2D eigenvalue weighted by Crippen LogP contribution is 2.24. The van der Waals surface area contributed by atoms with Crippen LogP contribution in [0.25, 0.3) is 0 Å². The van der Waals surface area contributed by atoms with E-state index in [1.807, 2.05) is 19.4 Å². The van der Waals surface area contributed by atoms with Crippen LogP contribution in [0.4, 0.5) is 0 Å². The monoisotopic (exact) mass is 319 g/mol. The van der Waals surface area contributed by atoms with Crippen molar-refractivity contribution in [2.75, 3.05) is 0 Å². The van der Waals surface area contributed by atoms with Gasteiger partial charge in [-0.25, -0.2) is 4.98 Å². The summed E-state index contributed by atoms with van der Waals surface area (Å²) in [6.07, 6.45) is 7.32. The van der Waals surface area contributed by atoms with Gasteiger partial charge in [0.2, 0.25) is 0 Å². The molecule has 1 atom stereocenters. The van der Waals surface area contributed by atoms with Gasteiger partial charge in [-0.15, -0.1) is 0 Å². The lowest BCUT2D eigenvalue weighted by Gasteiger charge is -2.25. The van der Waals surface area contributed by atoms with E-state index in [0.717, 1.165) is 25.2 Å². The normalized spacial score (nSPS) is 18.3. The third-order valence-electron chi connectivity index (χ3n) is 3.87. The molecule has 0 spiro atoms. The molecular formula is C15H18BrN3. The highest BCUT2D eigenvalue weighted by molar-refractivity contribution is 9.10. The summed E-state index contributed by atoms with van der Waals surface area (Å²) in [5, 5.41) is 3.63. The van der Waals surface area contributed by atoms with Crippen LogP contribution in [-0.2, 0) is 26.4 Å². The number of rotatable bonds is 3. The van der Waals surface area contributed by atoms with E-state index >= 15 is 0 Å². The molecule has 1 unspecified atom stereocenters. The van der Waals surface area contributed by atoms with E-state index in [0.29, 0.717) is 6.04 Å². The minimum absolute atomic E-state index is 0.561. The van der Waals surface area contributed by atoms with Crippen LogP contribution in [0.1, 0.15) is 23.4 Å². The Balaban J connectivity index is 1.63. The van der Waals surface area contributed by atoms with Crippen LogP contribution in [0.3, 0.4) is 0 Å². The molecule has 0 bridgehead atoms. The van der Waals surface area contributed by atoms with Gasteiger partial charge in [0, 0.05) is 30.0 Å². The van der Waals surface area contributed by atoms with Crippen molar-refractivity contribution in [1.82, 2.24) is 14.9 Å². The lowest BCUT2D eigenvalue weighted by Crippen LogP contribution is -2.34. The lowest BCUT2D eigenvalue weighted by molar-refractivity contribution is 0.448. The minimum Gasteiger partial charge on any atom is -0.337 e. The van der Waals surface area contributed by atoms with Gasteiger partial charge in [0.1, 0.15) is 5.82 Å². The predicted octanol–water partition coefficient (Wildman–Crippen LogP) is 2.83. The molecule has 0 saturated heterocycles. The number of nitrogens with zero attached hydrogens (tertiary/aromatic N) is 2. The first-order valence-corrected chi connectivity index (χ1v) is 7.48. The first kappa shape index (κ1) is 12.9. The summed E-state index contributed by atoms with van der Waals surface area (Å²) in [6, 6.07) is 7.20. The Bertz CT molecular complexity index is 577. The fourth-order valence-electron chi connectivity index (χ4n) is 2.70. The largest absolute Gasteiger partial charge is 0.337 e. The van der Waals surface area contributed by atoms with Crippen LogP contribution in [0.2, 0.25) is 0 Å². The quantitative estimate of drug-likeness (QED) is 0.942. The van der Waals surface area contributed by atoms with Gasteiger partial charge in [-0.2, -0.15) is 0 Å². The van der Waals surface area contributed by atoms with Gasteiger partial charge in [-0.1, -0.05) is 22.0 Å². The summed E-state index contributed by atoms with van der Waals surface area (Å²) in [5.74, 6) is 1.10. The first-order chi connectivity index (χ1) is 9.22. The van der Waals surface area contributed by atoms with E-state index < -0.39 is 0 Å². The predicted molar refractivity (Wildman–Crippen MR) is 80.0 cm³/mol. The summed E-state index contributed by atoms with van der Waals surface area (Å²) in [7, 11) is 2.04. The molecule has 2 aromatic rings. The van der Waals surface area contributed by atoms with Crippen molar-refractivity contribution in [2.45, 2.75) is 31.8 Å². The number of aromatic nitrogens is 2. The number of fused-ring (bicyclic) bond motifs is 1. The smallest absolute Gasteiger partial charge is 0.122 e. The number of halogens is 1. The number of nitrogens with one attached hydrogen (secondary N) is 1. The molecule has 4 heteroatoms. The van der Waals surface area contributed by atoms with Crippen molar-refractivity contribution in [2.24, 2.45) is 7.05 Å². The SMILES string of the molecule is Cn1ccnc1CNC1CCc2cc(Br)ccc2C1. The van der Waals surface area contributed by atoms with E-state index in [1.165, 1.54) is 22.0 Å². The fourth-order valence-corrected chi connectivity index (χ4v) is 3.11. The van der Waals surface area contributed by atoms with E-state index in [4.69, 9.17) is 0 Å². The van der Waals surface area contributed by atoms with E-state index in [-0.39, 0.29) is 0 Å². The second-order valence-corrected chi connectivity index (χ2v) is 6.10. The third-order valence-corrected chi connectivity index (χ3v) is 4.36. The van der Waals surface area contributed by atoms with Crippen LogP contribution in [-0.4, -0.2) is 15.6 Å². The molecule has 1 heterocycles. The van der Waals surface area contributed by atoms with E-state index in [9.17, 15) is 0 Å². The molecule has 19 heavy (non-hydrogen) atoms. The number of imidazole rings is 1. The molecule has 1 aromatic carbocycles. The third kappa shape index (κ3) is 2.90. The van der Waals surface area contributed by atoms with Gasteiger partial charge in [0.05, 0.1) is 6.54 Å². The minimum atomic E-state index is 0.561. The second-order valence-electron chi connectivity index (χ2n) is 5.19. The zero-order valence-corrected chi connectivity index (χ0v) is 12.7. The highest BCUT2D eigenvalue weighted by Gasteiger charge is 2.18. The summed E-state index contributed by atoms with van der Waals surface area (Å²) < 4.78 is 3.26. The molecule has 1 aliphatic carbocycles. The van der Waals surface area contributed by atoms with Crippen molar-refractivity contribution in [3.05, 3.63) is 52.0 Å². The van der Waals surface area contributed by atoms with E-state index in [2.05, 4.69) is 49.0 Å². The molecule has 3 nitrogen and oxygen atoms in total. The molecule has 0 aliphatic heterocycles. The number of benzene rings is 1. The van der Waals surface area contributed by atoms with Gasteiger partial charge in [0.15, 0.2) is 0 Å². The Morgan fingerprint density at radius 1 is 1.42 bits per heavy atom. The van der Waals surface area contributed by atoms with Crippen molar-refractivity contribution in [3.63, 3.8) is 0 Å². The van der Waals surface area contributed by atoms with Crippen LogP contribution in [0.5, 0.6) is 0 Å². The molecule has 0 saturated carbocycles. The van der Waals surface area contributed by atoms with Crippen LogP contribution >= 0.6 is 15.9 Å². The molecule has 1 aromatic heterocycles. The molecule has 0 radical (unpaired) electrons. The summed E-state index contributed by atoms with van der Waals surface area (Å²) >= 11 is 3.54. The number of aryl methyl sites for hydroxylation is 2. The molecule has 0 fully saturated rings. The Kier molecular flexibility index (Phi) is 3.71. The highest BCUT2D eigenvalue weighted by atomic mass is 79.9. The average Bonchev–Trinajstić information content (AvgIpc) is 2.82. The standard InChI is InChI=1S/C15H18BrN3/c1-19-7-6-17-15(19)10-18-14-5-3-11-8-13(16)4-2-12(11)9-14/h2,4,6-8,14,18H,3,5,9-10H2,1H3. The van der Waals surface area contributed by atoms with Crippen molar-refractivity contribution < 1.29 is 0 Å². The fraction of sp³-hybridized carbons (Fsp3) is 0.400. The molecule has 1 aliphatic rings. The zero-order chi connectivity index (χ0) is 13.2. The second kappa shape index (κ2) is 5.47. The number of hydrogen-bond donors (Lipinski definition) is 1. The maximum atomic E-state index is 4.35. The molecule has 0 amide bonds. The Morgan fingerprint density at radius 3 is 3.11 bits per heavy atom. The van der Waals surface area contributed by atoms with Gasteiger partial charge in [-0.3, -0.25) is 0 Å². The molecular weight excluding hydrogens is 302 g/mol. The molecule has 100 valence electrons. The number of hydrogen-bond acceptors (Lipinski definition) is 2. The zero-order valence-electron chi connectivity index (χ0n) is 11.1. The van der Waals surface area contributed by atoms with Gasteiger partial charge < -0.3 is 9.88 Å².